The molecule has 2 rings (SSSR count). The van der Waals surface area contributed by atoms with Crippen LogP contribution in [0.15, 0.2) is 5.38 Å². The molecule has 1 aromatic rings. The summed E-state index contributed by atoms with van der Waals surface area (Å²) in [7, 11) is 0. The Bertz CT molecular complexity index is 419. The Labute approximate surface area is 110 Å². The van der Waals surface area contributed by atoms with E-state index in [9.17, 15) is 4.79 Å². The predicted octanol–water partition coefficient (Wildman–Crippen LogP) is 2.55. The van der Waals surface area contributed by atoms with Gasteiger partial charge in [0.25, 0.3) is 5.91 Å². The van der Waals surface area contributed by atoms with Crippen LogP contribution in [0.25, 0.3) is 0 Å². The fourth-order valence-corrected chi connectivity index (χ4v) is 3.39. The molecular weight excluding hydrogens is 258 g/mol. The number of halogens is 1. The van der Waals surface area contributed by atoms with Crippen LogP contribution in [-0.4, -0.2) is 35.6 Å². The van der Waals surface area contributed by atoms with E-state index in [-0.39, 0.29) is 12.5 Å². The minimum Gasteiger partial charge on any atom is -0.396 e. The average Bonchev–Trinajstić information content (AvgIpc) is 2.88. The largest absolute Gasteiger partial charge is 0.396 e. The molecule has 1 aromatic heterocycles. The van der Waals surface area contributed by atoms with E-state index in [2.05, 4.69) is 0 Å². The van der Waals surface area contributed by atoms with Crippen molar-refractivity contribution in [1.29, 1.82) is 0 Å². The minimum absolute atomic E-state index is 0.0357. The summed E-state index contributed by atoms with van der Waals surface area (Å²) < 4.78 is 0. The molecule has 94 valence electrons. The van der Waals surface area contributed by atoms with Gasteiger partial charge in [0, 0.05) is 19.7 Å². The van der Waals surface area contributed by atoms with E-state index < -0.39 is 0 Å². The zero-order valence-corrected chi connectivity index (χ0v) is 11.4. The lowest BCUT2D eigenvalue weighted by molar-refractivity contribution is 0.0789. The second-order valence-corrected chi connectivity index (χ2v) is 5.74. The summed E-state index contributed by atoms with van der Waals surface area (Å²) in [5, 5.41) is 11.4. The van der Waals surface area contributed by atoms with E-state index in [1.807, 2.05) is 17.2 Å². The average molecular weight is 274 g/mol. The Hall–Kier alpha value is -0.580. The van der Waals surface area contributed by atoms with Crippen LogP contribution in [0.5, 0.6) is 0 Å². The number of nitrogens with zero attached hydrogens (tertiary/aromatic N) is 1. The Morgan fingerprint density at radius 1 is 1.71 bits per heavy atom. The van der Waals surface area contributed by atoms with Crippen LogP contribution in [-0.2, 0) is 0 Å². The first-order valence-electron chi connectivity index (χ1n) is 5.77. The van der Waals surface area contributed by atoms with Gasteiger partial charge < -0.3 is 10.0 Å². The molecule has 1 saturated heterocycles. The van der Waals surface area contributed by atoms with Crippen LogP contribution in [0.4, 0.5) is 0 Å². The monoisotopic (exact) mass is 273 g/mol. The third-order valence-corrected chi connectivity index (χ3v) is 4.89. The molecule has 1 aliphatic heterocycles. The number of hydrogen-bond donors (Lipinski definition) is 1. The fourth-order valence-electron chi connectivity index (χ4n) is 2.15. The molecule has 1 fully saturated rings. The lowest BCUT2D eigenvalue weighted by Gasteiger charge is -2.15. The Balaban J connectivity index is 2.04. The van der Waals surface area contributed by atoms with E-state index in [0.29, 0.717) is 15.8 Å². The van der Waals surface area contributed by atoms with Crippen molar-refractivity contribution in [3.8, 4) is 0 Å². The van der Waals surface area contributed by atoms with Gasteiger partial charge in [-0.15, -0.1) is 11.3 Å². The van der Waals surface area contributed by atoms with Gasteiger partial charge in [-0.05, 0) is 36.6 Å². The zero-order valence-electron chi connectivity index (χ0n) is 9.78. The highest BCUT2D eigenvalue weighted by molar-refractivity contribution is 7.13. The van der Waals surface area contributed by atoms with Crippen molar-refractivity contribution in [1.82, 2.24) is 4.90 Å². The first-order valence-corrected chi connectivity index (χ1v) is 7.03. The van der Waals surface area contributed by atoms with Gasteiger partial charge in [0.2, 0.25) is 0 Å². The van der Waals surface area contributed by atoms with Crippen molar-refractivity contribution in [2.75, 3.05) is 19.7 Å². The van der Waals surface area contributed by atoms with Gasteiger partial charge in [0.05, 0.1) is 5.02 Å². The fraction of sp³-hybridized carbons (Fsp3) is 0.583. The molecule has 0 aromatic carbocycles. The molecule has 17 heavy (non-hydrogen) atoms. The van der Waals surface area contributed by atoms with Gasteiger partial charge in [0.15, 0.2) is 0 Å². The van der Waals surface area contributed by atoms with Crippen molar-refractivity contribution < 1.29 is 9.90 Å². The summed E-state index contributed by atoms with van der Waals surface area (Å²) >= 11 is 7.52. The van der Waals surface area contributed by atoms with E-state index in [0.717, 1.165) is 31.5 Å². The van der Waals surface area contributed by atoms with Crippen LogP contribution in [0, 0.1) is 12.8 Å². The van der Waals surface area contributed by atoms with Crippen LogP contribution < -0.4 is 0 Å². The maximum absolute atomic E-state index is 12.2. The predicted molar refractivity (Wildman–Crippen MR) is 69.8 cm³/mol. The molecule has 0 aliphatic carbocycles. The van der Waals surface area contributed by atoms with Crippen molar-refractivity contribution in [2.24, 2.45) is 5.92 Å². The normalized spacial score (nSPS) is 19.9. The van der Waals surface area contributed by atoms with Gasteiger partial charge in [-0.1, -0.05) is 11.6 Å². The highest BCUT2D eigenvalue weighted by Gasteiger charge is 2.28. The Morgan fingerprint density at radius 2 is 2.47 bits per heavy atom. The molecule has 3 nitrogen and oxygen atoms in total. The standard InChI is InChI=1S/C12H16ClNO2S/c1-8-7-17-11(10(8)13)12(16)14-4-2-9(6-14)3-5-15/h7,9,15H,2-6H2,1H3. The highest BCUT2D eigenvalue weighted by Crippen LogP contribution is 2.30. The van der Waals surface area contributed by atoms with E-state index in [4.69, 9.17) is 16.7 Å². The van der Waals surface area contributed by atoms with Crippen molar-refractivity contribution in [3.63, 3.8) is 0 Å². The third kappa shape index (κ3) is 2.64. The molecule has 1 N–H and O–H groups in total. The van der Waals surface area contributed by atoms with Crippen LogP contribution in [0.2, 0.25) is 5.02 Å². The molecule has 5 heteroatoms. The molecule has 0 bridgehead atoms. The van der Waals surface area contributed by atoms with Gasteiger partial charge in [-0.25, -0.2) is 0 Å². The number of hydrogen-bond acceptors (Lipinski definition) is 3. The summed E-state index contributed by atoms with van der Waals surface area (Å²) in [5.41, 5.74) is 0.964. The molecule has 1 aliphatic rings. The first-order chi connectivity index (χ1) is 8.13. The Kier molecular flexibility index (Phi) is 4.07. The Morgan fingerprint density at radius 3 is 3.06 bits per heavy atom. The number of likely N-dealkylation sites (tertiary alicyclic amines) is 1. The molecule has 2 heterocycles. The lowest BCUT2D eigenvalue weighted by atomic mass is 10.1. The molecule has 1 atom stereocenters. The maximum atomic E-state index is 12.2. The van der Waals surface area contributed by atoms with Crippen LogP contribution in [0.1, 0.15) is 28.1 Å². The summed E-state index contributed by atoms with van der Waals surface area (Å²) in [5.74, 6) is 0.470. The number of thiophene rings is 1. The van der Waals surface area contributed by atoms with Crippen molar-refractivity contribution in [3.05, 3.63) is 20.8 Å². The summed E-state index contributed by atoms with van der Waals surface area (Å²) in [4.78, 5) is 14.7. The first kappa shape index (κ1) is 12.9. The number of aryl methyl sites for hydroxylation is 1. The summed E-state index contributed by atoms with van der Waals surface area (Å²) in [6, 6.07) is 0. The van der Waals surface area contributed by atoms with Crippen LogP contribution in [0.3, 0.4) is 0 Å². The van der Waals surface area contributed by atoms with E-state index in [1.54, 1.807) is 0 Å². The number of rotatable bonds is 3. The molecule has 1 unspecified atom stereocenters. The topological polar surface area (TPSA) is 40.5 Å². The SMILES string of the molecule is Cc1csc(C(=O)N2CCC(CCO)C2)c1Cl. The van der Waals surface area contributed by atoms with E-state index in [1.165, 1.54) is 11.3 Å². The van der Waals surface area contributed by atoms with Gasteiger partial charge in [-0.2, -0.15) is 0 Å². The number of carbonyl (C=O) groups is 1. The van der Waals surface area contributed by atoms with Crippen molar-refractivity contribution in [2.45, 2.75) is 19.8 Å². The molecule has 0 radical (unpaired) electrons. The van der Waals surface area contributed by atoms with Crippen LogP contribution >= 0.6 is 22.9 Å². The number of aliphatic hydroxyl groups excluding tert-OH is 1. The summed E-state index contributed by atoms with van der Waals surface area (Å²) in [6.45, 7) is 3.63. The highest BCUT2D eigenvalue weighted by atomic mass is 35.5. The smallest absolute Gasteiger partial charge is 0.265 e. The lowest BCUT2D eigenvalue weighted by Crippen LogP contribution is -2.28. The molecule has 1 amide bonds. The molecule has 0 saturated carbocycles. The van der Waals surface area contributed by atoms with E-state index >= 15 is 0 Å². The summed E-state index contributed by atoms with van der Waals surface area (Å²) in [6.07, 6.45) is 1.76. The second kappa shape index (κ2) is 5.38. The van der Waals surface area contributed by atoms with Crippen molar-refractivity contribution >= 4 is 28.8 Å². The zero-order chi connectivity index (χ0) is 12.4. The third-order valence-electron chi connectivity index (χ3n) is 3.20. The van der Waals surface area contributed by atoms with Gasteiger partial charge in [0.1, 0.15) is 4.88 Å². The number of aliphatic hydroxyl groups is 1. The molecule has 0 spiro atoms. The molecular formula is C12H16ClNO2S. The quantitative estimate of drug-likeness (QED) is 0.919. The van der Waals surface area contributed by atoms with Gasteiger partial charge in [-0.3, -0.25) is 4.79 Å². The maximum Gasteiger partial charge on any atom is 0.265 e. The number of amides is 1. The van der Waals surface area contributed by atoms with Gasteiger partial charge >= 0.3 is 0 Å². The second-order valence-electron chi connectivity index (χ2n) is 4.48. The number of carbonyl (C=O) groups excluding carboxylic acids is 1. The minimum atomic E-state index is 0.0357.